The standard InChI is InChI=1S/C23H40O4/c1-3-5-7-9-11-13-15-20-26-22(24)18-17-19-23(25)27-21-16-14-12-10-8-6-4-2/h11-14H,3-10,15-21H2,1-2H3/b13-11-,14-12-. The molecule has 0 aromatic heterocycles. The Morgan fingerprint density at radius 1 is 0.593 bits per heavy atom. The molecule has 156 valence electrons. The minimum absolute atomic E-state index is 0.239. The second-order valence-corrected chi connectivity index (χ2v) is 6.81. The minimum Gasteiger partial charge on any atom is -0.465 e. The van der Waals surface area contributed by atoms with Crippen LogP contribution in [0.15, 0.2) is 24.3 Å². The lowest BCUT2D eigenvalue weighted by Gasteiger charge is -2.04. The van der Waals surface area contributed by atoms with Crippen LogP contribution in [0.3, 0.4) is 0 Å². The second-order valence-electron chi connectivity index (χ2n) is 6.81. The normalized spacial score (nSPS) is 11.3. The van der Waals surface area contributed by atoms with E-state index in [-0.39, 0.29) is 24.8 Å². The average molecular weight is 381 g/mol. The third-order valence-electron chi connectivity index (χ3n) is 4.14. The summed E-state index contributed by atoms with van der Waals surface area (Å²) in [7, 11) is 0. The first-order valence-electron chi connectivity index (χ1n) is 10.8. The Morgan fingerprint density at radius 3 is 1.41 bits per heavy atom. The van der Waals surface area contributed by atoms with Gasteiger partial charge in [0.25, 0.3) is 0 Å². The molecule has 0 saturated carbocycles. The van der Waals surface area contributed by atoms with Gasteiger partial charge in [0, 0.05) is 12.8 Å². The first-order valence-corrected chi connectivity index (χ1v) is 10.8. The molecule has 0 unspecified atom stereocenters. The van der Waals surface area contributed by atoms with Crippen molar-refractivity contribution in [1.82, 2.24) is 0 Å². The van der Waals surface area contributed by atoms with Gasteiger partial charge in [-0.05, 0) is 44.9 Å². The first kappa shape index (κ1) is 25.4. The van der Waals surface area contributed by atoms with Crippen LogP contribution in [0.5, 0.6) is 0 Å². The summed E-state index contributed by atoms with van der Waals surface area (Å²) < 4.78 is 10.3. The summed E-state index contributed by atoms with van der Waals surface area (Å²) in [6.45, 7) is 5.21. The van der Waals surface area contributed by atoms with Crippen LogP contribution in [0.2, 0.25) is 0 Å². The van der Waals surface area contributed by atoms with Crippen molar-refractivity contribution in [2.75, 3.05) is 13.2 Å². The van der Waals surface area contributed by atoms with Crippen LogP contribution in [0, 0.1) is 0 Å². The molecule has 4 heteroatoms. The molecule has 0 bridgehead atoms. The van der Waals surface area contributed by atoms with E-state index < -0.39 is 0 Å². The number of carbonyl (C=O) groups is 2. The summed E-state index contributed by atoms with van der Waals surface area (Å²) in [6, 6.07) is 0. The number of hydrogen-bond acceptors (Lipinski definition) is 4. The zero-order valence-corrected chi connectivity index (χ0v) is 17.5. The number of hydrogen-bond donors (Lipinski definition) is 0. The number of unbranched alkanes of at least 4 members (excludes halogenated alkanes) is 6. The molecule has 4 nitrogen and oxygen atoms in total. The van der Waals surface area contributed by atoms with Crippen LogP contribution in [0.25, 0.3) is 0 Å². The van der Waals surface area contributed by atoms with E-state index in [0.29, 0.717) is 19.6 Å². The molecule has 0 aromatic carbocycles. The summed E-state index contributed by atoms with van der Waals surface area (Å²) in [5.41, 5.74) is 0. The predicted octanol–water partition coefficient (Wildman–Crippen LogP) is 6.30. The first-order chi connectivity index (χ1) is 13.2. The van der Waals surface area contributed by atoms with Gasteiger partial charge in [-0.15, -0.1) is 0 Å². The number of ether oxygens (including phenoxy) is 2. The molecule has 0 amide bonds. The van der Waals surface area contributed by atoms with Gasteiger partial charge in [0.05, 0.1) is 13.2 Å². The highest BCUT2D eigenvalue weighted by molar-refractivity contribution is 5.72. The summed E-state index contributed by atoms with van der Waals surface area (Å²) in [4.78, 5) is 23.2. The van der Waals surface area contributed by atoms with E-state index in [9.17, 15) is 9.59 Å². The Hall–Kier alpha value is -1.58. The summed E-state index contributed by atoms with van der Waals surface area (Å²) in [5, 5.41) is 0. The zero-order chi connectivity index (χ0) is 20.0. The van der Waals surface area contributed by atoms with E-state index in [1.165, 1.54) is 38.5 Å². The molecule has 0 spiro atoms. The van der Waals surface area contributed by atoms with Crippen molar-refractivity contribution in [3.05, 3.63) is 24.3 Å². The summed E-state index contributed by atoms with van der Waals surface area (Å²) in [6.07, 6.45) is 20.6. The zero-order valence-electron chi connectivity index (χ0n) is 17.5. The maximum absolute atomic E-state index is 11.6. The summed E-state index contributed by atoms with van der Waals surface area (Å²) >= 11 is 0. The summed E-state index contributed by atoms with van der Waals surface area (Å²) in [5.74, 6) is -0.477. The van der Waals surface area contributed by atoms with E-state index in [2.05, 4.69) is 38.2 Å². The van der Waals surface area contributed by atoms with E-state index in [1.807, 2.05) is 0 Å². The van der Waals surface area contributed by atoms with E-state index in [1.54, 1.807) is 0 Å². The molecule has 0 rings (SSSR count). The van der Waals surface area contributed by atoms with E-state index in [0.717, 1.165) is 25.7 Å². The van der Waals surface area contributed by atoms with Gasteiger partial charge in [-0.3, -0.25) is 9.59 Å². The molecular formula is C23H40O4. The number of allylic oxidation sites excluding steroid dienone is 2. The van der Waals surface area contributed by atoms with Crippen molar-refractivity contribution in [1.29, 1.82) is 0 Å². The third kappa shape index (κ3) is 20.6. The fourth-order valence-corrected chi connectivity index (χ4v) is 2.50. The molecular weight excluding hydrogens is 340 g/mol. The Kier molecular flexibility index (Phi) is 19.5. The second kappa shape index (κ2) is 20.7. The van der Waals surface area contributed by atoms with Crippen LogP contribution in [0.4, 0.5) is 0 Å². The van der Waals surface area contributed by atoms with Crippen molar-refractivity contribution < 1.29 is 19.1 Å². The van der Waals surface area contributed by atoms with Gasteiger partial charge in [-0.25, -0.2) is 0 Å². The van der Waals surface area contributed by atoms with Crippen LogP contribution in [-0.2, 0) is 19.1 Å². The van der Waals surface area contributed by atoms with Gasteiger partial charge < -0.3 is 9.47 Å². The van der Waals surface area contributed by atoms with Crippen LogP contribution < -0.4 is 0 Å². The van der Waals surface area contributed by atoms with Crippen molar-refractivity contribution in [2.45, 2.75) is 97.3 Å². The van der Waals surface area contributed by atoms with Gasteiger partial charge in [0.1, 0.15) is 0 Å². The largest absolute Gasteiger partial charge is 0.465 e. The SMILES string of the molecule is CCCCC/C=C\CCOC(=O)CCCC(=O)OCC/C=C\CCCCC. The van der Waals surface area contributed by atoms with Gasteiger partial charge in [0.2, 0.25) is 0 Å². The molecule has 0 heterocycles. The van der Waals surface area contributed by atoms with Crippen LogP contribution in [0.1, 0.15) is 97.3 Å². The van der Waals surface area contributed by atoms with Gasteiger partial charge >= 0.3 is 11.9 Å². The van der Waals surface area contributed by atoms with E-state index in [4.69, 9.17) is 9.47 Å². The quantitative estimate of drug-likeness (QED) is 0.159. The number of esters is 2. The molecule has 0 fully saturated rings. The monoisotopic (exact) mass is 380 g/mol. The highest BCUT2D eigenvalue weighted by Crippen LogP contribution is 2.03. The molecule has 0 radical (unpaired) electrons. The smallest absolute Gasteiger partial charge is 0.305 e. The highest BCUT2D eigenvalue weighted by atomic mass is 16.5. The Bertz CT molecular complexity index is 375. The minimum atomic E-state index is -0.239. The molecule has 0 N–H and O–H groups in total. The number of carbonyl (C=O) groups excluding carboxylic acids is 2. The average Bonchev–Trinajstić information content (AvgIpc) is 2.66. The molecule has 0 saturated heterocycles. The van der Waals surface area contributed by atoms with Gasteiger partial charge in [-0.1, -0.05) is 63.8 Å². The molecule has 0 aliphatic rings. The predicted molar refractivity (Wildman–Crippen MR) is 112 cm³/mol. The lowest BCUT2D eigenvalue weighted by Crippen LogP contribution is -2.09. The Balaban J connectivity index is 3.45. The fraction of sp³-hybridized carbons (Fsp3) is 0.739. The van der Waals surface area contributed by atoms with Crippen LogP contribution in [-0.4, -0.2) is 25.2 Å². The molecule has 27 heavy (non-hydrogen) atoms. The molecule has 0 aromatic rings. The van der Waals surface area contributed by atoms with Crippen molar-refractivity contribution in [2.24, 2.45) is 0 Å². The maximum atomic E-state index is 11.6. The maximum Gasteiger partial charge on any atom is 0.305 e. The van der Waals surface area contributed by atoms with Gasteiger partial charge in [-0.2, -0.15) is 0 Å². The van der Waals surface area contributed by atoms with Crippen molar-refractivity contribution in [3.63, 3.8) is 0 Å². The molecule has 0 aliphatic heterocycles. The lowest BCUT2D eigenvalue weighted by atomic mass is 10.2. The highest BCUT2D eigenvalue weighted by Gasteiger charge is 2.06. The number of rotatable bonds is 18. The topological polar surface area (TPSA) is 52.6 Å². The molecule has 0 atom stereocenters. The third-order valence-corrected chi connectivity index (χ3v) is 4.14. The fourth-order valence-electron chi connectivity index (χ4n) is 2.50. The van der Waals surface area contributed by atoms with Gasteiger partial charge in [0.15, 0.2) is 0 Å². The molecule has 0 aliphatic carbocycles. The van der Waals surface area contributed by atoms with Crippen molar-refractivity contribution >= 4 is 11.9 Å². The van der Waals surface area contributed by atoms with E-state index >= 15 is 0 Å². The van der Waals surface area contributed by atoms with Crippen LogP contribution >= 0.6 is 0 Å². The lowest BCUT2D eigenvalue weighted by molar-refractivity contribution is -0.145. The Morgan fingerprint density at radius 2 is 1.00 bits per heavy atom. The Labute approximate surface area is 166 Å². The van der Waals surface area contributed by atoms with Crippen molar-refractivity contribution in [3.8, 4) is 0 Å².